The van der Waals surface area contributed by atoms with Gasteiger partial charge >= 0.3 is 0 Å². The van der Waals surface area contributed by atoms with Gasteiger partial charge in [-0.2, -0.15) is 0 Å². The average Bonchev–Trinajstić information content (AvgIpc) is 3.17. The van der Waals surface area contributed by atoms with E-state index in [-0.39, 0.29) is 23.0 Å². The number of nitrogens with zero attached hydrogens (tertiary/aromatic N) is 3. The first-order valence-electron chi connectivity index (χ1n) is 8.88. The van der Waals surface area contributed by atoms with Crippen LogP contribution in [0.4, 0.5) is 4.39 Å². The van der Waals surface area contributed by atoms with E-state index >= 15 is 0 Å². The number of benzene rings is 1. The third kappa shape index (κ3) is 3.03. The second-order valence-electron chi connectivity index (χ2n) is 6.60. The minimum Gasteiger partial charge on any atom is -0.378 e. The Morgan fingerprint density at radius 2 is 1.92 bits per heavy atom. The van der Waals surface area contributed by atoms with Crippen molar-refractivity contribution in [3.63, 3.8) is 0 Å². The molecule has 2 saturated heterocycles. The number of amides is 2. The summed E-state index contributed by atoms with van der Waals surface area (Å²) in [6.07, 6.45) is 1.41. The normalized spacial score (nSPS) is 20.6. The molecule has 6 nitrogen and oxygen atoms in total. The minimum absolute atomic E-state index is 0.0360. The van der Waals surface area contributed by atoms with Gasteiger partial charge in [0.05, 0.1) is 13.2 Å². The monoisotopic (exact) mass is 357 g/mol. The molecule has 1 unspecified atom stereocenters. The first-order chi connectivity index (χ1) is 12.6. The Balaban J connectivity index is 1.58. The minimum atomic E-state index is -0.473. The fourth-order valence-corrected chi connectivity index (χ4v) is 3.64. The number of aromatic nitrogens is 1. The van der Waals surface area contributed by atoms with E-state index in [4.69, 9.17) is 4.74 Å². The third-order valence-electron chi connectivity index (χ3n) is 5.01. The second kappa shape index (κ2) is 6.99. The van der Waals surface area contributed by atoms with E-state index in [1.807, 2.05) is 0 Å². The topological polar surface area (TPSA) is 62.7 Å². The Morgan fingerprint density at radius 1 is 1.12 bits per heavy atom. The Morgan fingerprint density at radius 3 is 2.73 bits per heavy atom. The van der Waals surface area contributed by atoms with Crippen LogP contribution in [0.3, 0.4) is 0 Å². The Bertz CT molecular complexity index is 851. The number of halogens is 1. The molecular formula is C19H20FN3O3. The zero-order chi connectivity index (χ0) is 18.1. The molecular weight excluding hydrogens is 337 g/mol. The maximum Gasteiger partial charge on any atom is 0.273 e. The number of hydrogen-bond acceptors (Lipinski definition) is 4. The van der Waals surface area contributed by atoms with Gasteiger partial charge in [-0.15, -0.1) is 0 Å². The quantitative estimate of drug-likeness (QED) is 0.823. The number of hydrogen-bond donors (Lipinski definition) is 0. The van der Waals surface area contributed by atoms with Crippen LogP contribution < -0.4 is 0 Å². The molecule has 2 fully saturated rings. The lowest BCUT2D eigenvalue weighted by molar-refractivity contribution is -0.139. The molecule has 4 rings (SSSR count). The smallest absolute Gasteiger partial charge is 0.273 e. The molecule has 2 aromatic rings. The summed E-state index contributed by atoms with van der Waals surface area (Å²) in [5.41, 5.74) is 0.345. The summed E-state index contributed by atoms with van der Waals surface area (Å²) in [7, 11) is 0. The van der Waals surface area contributed by atoms with E-state index in [1.165, 1.54) is 6.07 Å². The van der Waals surface area contributed by atoms with Crippen molar-refractivity contribution in [3.05, 3.63) is 41.8 Å². The zero-order valence-electron chi connectivity index (χ0n) is 14.4. The van der Waals surface area contributed by atoms with Crippen molar-refractivity contribution in [2.24, 2.45) is 0 Å². The van der Waals surface area contributed by atoms with Gasteiger partial charge in [0.1, 0.15) is 23.1 Å². The van der Waals surface area contributed by atoms with E-state index in [9.17, 15) is 14.0 Å². The van der Waals surface area contributed by atoms with E-state index in [1.54, 1.807) is 34.1 Å². The molecule has 136 valence electrons. The molecule has 0 radical (unpaired) electrons. The highest BCUT2D eigenvalue weighted by Gasteiger charge is 2.37. The van der Waals surface area contributed by atoms with Crippen LogP contribution in [-0.2, 0) is 9.53 Å². The first kappa shape index (κ1) is 16.9. The number of morpholine rings is 1. The number of rotatable bonds is 2. The van der Waals surface area contributed by atoms with Crippen LogP contribution in [0.15, 0.2) is 30.3 Å². The van der Waals surface area contributed by atoms with Gasteiger partial charge in [0.2, 0.25) is 5.91 Å². The van der Waals surface area contributed by atoms with Gasteiger partial charge in [0.25, 0.3) is 5.91 Å². The van der Waals surface area contributed by atoms with Gasteiger partial charge in [-0.1, -0.05) is 18.2 Å². The summed E-state index contributed by atoms with van der Waals surface area (Å²) in [5, 5.41) is 0.643. The molecule has 26 heavy (non-hydrogen) atoms. The predicted molar refractivity (Wildman–Crippen MR) is 93.2 cm³/mol. The lowest BCUT2D eigenvalue weighted by Gasteiger charge is -2.32. The fraction of sp³-hybridized carbons (Fsp3) is 0.421. The maximum absolute atomic E-state index is 14.0. The SMILES string of the molecule is O=C(C1CCCN1C(=O)c1ccc2cccc(F)c2n1)N1CCOCC1. The molecule has 2 aliphatic heterocycles. The Kier molecular flexibility index (Phi) is 4.55. The number of fused-ring (bicyclic) bond motifs is 1. The highest BCUT2D eigenvalue weighted by molar-refractivity contribution is 5.98. The molecule has 1 aromatic heterocycles. The van der Waals surface area contributed by atoms with Crippen LogP contribution in [0.2, 0.25) is 0 Å². The maximum atomic E-state index is 14.0. The van der Waals surface area contributed by atoms with Crippen LogP contribution in [0, 0.1) is 5.82 Å². The molecule has 1 atom stereocenters. The average molecular weight is 357 g/mol. The van der Waals surface area contributed by atoms with Crippen LogP contribution in [0.5, 0.6) is 0 Å². The Labute approximate surface area is 150 Å². The van der Waals surface area contributed by atoms with Crippen molar-refractivity contribution in [1.29, 1.82) is 0 Å². The summed E-state index contributed by atoms with van der Waals surface area (Å²) in [5.74, 6) is -0.815. The second-order valence-corrected chi connectivity index (χ2v) is 6.60. The van der Waals surface area contributed by atoms with Crippen molar-refractivity contribution in [2.75, 3.05) is 32.8 Å². The van der Waals surface area contributed by atoms with Gasteiger partial charge in [-0.05, 0) is 25.0 Å². The molecule has 0 N–H and O–H groups in total. The molecule has 0 bridgehead atoms. The van der Waals surface area contributed by atoms with Gasteiger partial charge < -0.3 is 14.5 Å². The highest BCUT2D eigenvalue weighted by Crippen LogP contribution is 2.23. The number of para-hydroxylation sites is 1. The third-order valence-corrected chi connectivity index (χ3v) is 5.01. The van der Waals surface area contributed by atoms with Crippen LogP contribution >= 0.6 is 0 Å². The van der Waals surface area contributed by atoms with Crippen molar-refractivity contribution in [2.45, 2.75) is 18.9 Å². The van der Waals surface area contributed by atoms with E-state index in [2.05, 4.69) is 4.98 Å². The summed E-state index contributed by atoms with van der Waals surface area (Å²) >= 11 is 0. The molecule has 0 aliphatic carbocycles. The van der Waals surface area contributed by atoms with Crippen LogP contribution in [-0.4, -0.2) is 65.5 Å². The zero-order valence-corrected chi connectivity index (χ0v) is 14.4. The molecule has 7 heteroatoms. The predicted octanol–water partition coefficient (Wildman–Crippen LogP) is 1.84. The summed E-state index contributed by atoms with van der Waals surface area (Å²) in [6, 6.07) is 7.49. The van der Waals surface area contributed by atoms with E-state index in [0.29, 0.717) is 44.7 Å². The number of carbonyl (C=O) groups excluding carboxylic acids is 2. The van der Waals surface area contributed by atoms with E-state index < -0.39 is 11.9 Å². The number of likely N-dealkylation sites (tertiary alicyclic amines) is 1. The summed E-state index contributed by atoms with van der Waals surface area (Å²) < 4.78 is 19.3. The van der Waals surface area contributed by atoms with Gasteiger partial charge in [-0.3, -0.25) is 9.59 Å². The van der Waals surface area contributed by atoms with Crippen LogP contribution in [0.25, 0.3) is 10.9 Å². The molecule has 2 amide bonds. The van der Waals surface area contributed by atoms with E-state index in [0.717, 1.165) is 6.42 Å². The Hall–Kier alpha value is -2.54. The van der Waals surface area contributed by atoms with Crippen LogP contribution in [0.1, 0.15) is 23.3 Å². The fourth-order valence-electron chi connectivity index (χ4n) is 3.64. The lowest BCUT2D eigenvalue weighted by Crippen LogP contribution is -2.51. The number of ether oxygens (including phenoxy) is 1. The number of carbonyl (C=O) groups is 2. The van der Waals surface area contributed by atoms with Crippen molar-refractivity contribution >= 4 is 22.7 Å². The standard InChI is InChI=1S/C19H20FN3O3/c20-14-4-1-3-13-6-7-15(21-17(13)14)18(24)23-8-2-5-16(23)19(25)22-9-11-26-12-10-22/h1,3-4,6-7,16H,2,5,8-12H2. The van der Waals surface area contributed by atoms with Crippen molar-refractivity contribution in [3.8, 4) is 0 Å². The molecule has 0 spiro atoms. The highest BCUT2D eigenvalue weighted by atomic mass is 19.1. The van der Waals surface area contributed by atoms with Gasteiger partial charge in [0.15, 0.2) is 0 Å². The van der Waals surface area contributed by atoms with Gasteiger partial charge in [0, 0.05) is 25.0 Å². The molecule has 0 saturated carbocycles. The molecule has 1 aromatic carbocycles. The van der Waals surface area contributed by atoms with Gasteiger partial charge in [-0.25, -0.2) is 9.37 Å². The lowest BCUT2D eigenvalue weighted by atomic mass is 10.1. The molecule has 3 heterocycles. The number of pyridine rings is 1. The molecule has 2 aliphatic rings. The van der Waals surface area contributed by atoms with Crippen molar-refractivity contribution < 1.29 is 18.7 Å². The summed E-state index contributed by atoms with van der Waals surface area (Å²) in [4.78, 5) is 33.3. The van der Waals surface area contributed by atoms with Crippen molar-refractivity contribution in [1.82, 2.24) is 14.8 Å². The largest absolute Gasteiger partial charge is 0.378 e. The summed E-state index contributed by atoms with van der Waals surface area (Å²) in [6.45, 7) is 2.67. The first-order valence-corrected chi connectivity index (χ1v) is 8.88.